The molecular formula is C15H14Cl3N3O2S2. The number of hydrogen-bond donors (Lipinski definition) is 2. The summed E-state index contributed by atoms with van der Waals surface area (Å²) >= 11 is 23.1. The van der Waals surface area contributed by atoms with Crippen LogP contribution in [0, 0.1) is 0 Å². The molecule has 0 bridgehead atoms. The number of sulfonamides is 1. The van der Waals surface area contributed by atoms with Gasteiger partial charge in [-0.15, -0.1) is 0 Å². The van der Waals surface area contributed by atoms with Gasteiger partial charge >= 0.3 is 0 Å². The highest BCUT2D eigenvalue weighted by molar-refractivity contribution is 7.89. The lowest BCUT2D eigenvalue weighted by molar-refractivity contribution is 0.521. The molecule has 0 aromatic heterocycles. The van der Waals surface area contributed by atoms with Crippen LogP contribution in [0.4, 0.5) is 11.4 Å². The van der Waals surface area contributed by atoms with Crippen LogP contribution in [-0.2, 0) is 10.0 Å². The van der Waals surface area contributed by atoms with Gasteiger partial charge in [0.2, 0.25) is 10.0 Å². The van der Waals surface area contributed by atoms with E-state index in [9.17, 15) is 8.42 Å². The van der Waals surface area contributed by atoms with Crippen molar-refractivity contribution in [3.8, 4) is 0 Å². The Balaban J connectivity index is 2.20. The van der Waals surface area contributed by atoms with Crippen LogP contribution in [-0.4, -0.2) is 31.9 Å². The van der Waals surface area contributed by atoms with E-state index >= 15 is 0 Å². The normalized spacial score (nSPS) is 11.4. The van der Waals surface area contributed by atoms with Crippen LogP contribution < -0.4 is 10.6 Å². The van der Waals surface area contributed by atoms with E-state index in [1.165, 1.54) is 26.2 Å². The summed E-state index contributed by atoms with van der Waals surface area (Å²) in [6, 6.07) is 9.51. The van der Waals surface area contributed by atoms with Crippen LogP contribution >= 0.6 is 47.0 Å². The molecule has 0 heterocycles. The van der Waals surface area contributed by atoms with Crippen molar-refractivity contribution in [3.63, 3.8) is 0 Å². The van der Waals surface area contributed by atoms with E-state index in [2.05, 4.69) is 10.6 Å². The van der Waals surface area contributed by atoms with E-state index in [1.54, 1.807) is 24.3 Å². The molecule has 10 heteroatoms. The number of rotatable bonds is 4. The summed E-state index contributed by atoms with van der Waals surface area (Å²) in [6.45, 7) is 0. The summed E-state index contributed by atoms with van der Waals surface area (Å²) in [6.07, 6.45) is 0. The molecule has 0 unspecified atom stereocenters. The van der Waals surface area contributed by atoms with Gasteiger partial charge in [0, 0.05) is 25.5 Å². The van der Waals surface area contributed by atoms with Gasteiger partial charge in [0.05, 0.1) is 15.1 Å². The van der Waals surface area contributed by atoms with Crippen molar-refractivity contribution in [3.05, 3.63) is 51.5 Å². The quantitative estimate of drug-likeness (QED) is 0.677. The molecular weight excluding hydrogens is 425 g/mol. The third kappa shape index (κ3) is 4.97. The van der Waals surface area contributed by atoms with Crippen molar-refractivity contribution in [1.82, 2.24) is 4.31 Å². The van der Waals surface area contributed by atoms with Crippen LogP contribution in [0.3, 0.4) is 0 Å². The molecule has 2 aromatic carbocycles. The Hall–Kier alpha value is -1.09. The predicted molar refractivity (Wildman–Crippen MR) is 109 cm³/mol. The highest BCUT2D eigenvalue weighted by Crippen LogP contribution is 2.28. The molecule has 0 aliphatic heterocycles. The van der Waals surface area contributed by atoms with Gasteiger partial charge in [-0.05, 0) is 48.6 Å². The molecule has 0 spiro atoms. The molecule has 0 radical (unpaired) electrons. The van der Waals surface area contributed by atoms with Crippen LogP contribution in [0.25, 0.3) is 0 Å². The fourth-order valence-corrected chi connectivity index (χ4v) is 3.77. The Labute approximate surface area is 166 Å². The Morgan fingerprint density at radius 2 is 1.44 bits per heavy atom. The van der Waals surface area contributed by atoms with Crippen LogP contribution in [0.5, 0.6) is 0 Å². The minimum absolute atomic E-state index is 0.0125. The van der Waals surface area contributed by atoms with Gasteiger partial charge in [-0.1, -0.05) is 34.8 Å². The van der Waals surface area contributed by atoms with E-state index in [0.717, 1.165) is 4.31 Å². The average Bonchev–Trinajstić information content (AvgIpc) is 2.52. The zero-order valence-corrected chi connectivity index (χ0v) is 17.1. The molecule has 2 aromatic rings. The van der Waals surface area contributed by atoms with Gasteiger partial charge < -0.3 is 10.6 Å². The molecule has 2 N–H and O–H groups in total. The van der Waals surface area contributed by atoms with Gasteiger partial charge in [0.1, 0.15) is 4.90 Å². The first-order valence-corrected chi connectivity index (χ1v) is 9.84. The maximum absolute atomic E-state index is 12.3. The third-order valence-electron chi connectivity index (χ3n) is 3.13. The van der Waals surface area contributed by atoms with Gasteiger partial charge in [-0.25, -0.2) is 12.7 Å². The Morgan fingerprint density at radius 1 is 0.920 bits per heavy atom. The summed E-state index contributed by atoms with van der Waals surface area (Å²) < 4.78 is 25.7. The van der Waals surface area contributed by atoms with E-state index in [4.69, 9.17) is 47.0 Å². The molecule has 134 valence electrons. The standard InChI is InChI=1S/C15H14Cl3N3O2S2/c1-21(2)25(22,23)14-8-10(4-6-12(14)17)20-15(24)19-9-3-5-11(16)13(18)7-9/h3-8H,1-2H3,(H2,19,20,24). The molecule has 25 heavy (non-hydrogen) atoms. The van der Waals surface area contributed by atoms with Crippen molar-refractivity contribution < 1.29 is 8.42 Å². The Morgan fingerprint density at radius 3 is 1.96 bits per heavy atom. The van der Waals surface area contributed by atoms with Gasteiger partial charge in [-0.2, -0.15) is 0 Å². The van der Waals surface area contributed by atoms with Gasteiger partial charge in [0.25, 0.3) is 0 Å². The third-order valence-corrected chi connectivity index (χ3v) is 6.36. The molecule has 0 saturated carbocycles. The Kier molecular flexibility index (Phi) is 6.53. The number of halogens is 3. The second kappa shape index (κ2) is 8.07. The van der Waals surface area contributed by atoms with Gasteiger partial charge in [-0.3, -0.25) is 0 Å². The maximum Gasteiger partial charge on any atom is 0.244 e. The van der Waals surface area contributed by atoms with Crippen molar-refractivity contribution in [2.75, 3.05) is 24.7 Å². The number of anilines is 2. The fraction of sp³-hybridized carbons (Fsp3) is 0.133. The van der Waals surface area contributed by atoms with Crippen molar-refractivity contribution >= 4 is 73.5 Å². The van der Waals surface area contributed by atoms with Crippen molar-refractivity contribution in [2.24, 2.45) is 0 Å². The monoisotopic (exact) mass is 437 g/mol. The summed E-state index contributed by atoms with van der Waals surface area (Å²) in [5, 5.41) is 7.05. The summed E-state index contributed by atoms with van der Waals surface area (Å²) in [5.41, 5.74) is 1.12. The molecule has 0 fully saturated rings. The summed E-state index contributed by atoms with van der Waals surface area (Å²) in [7, 11) is -0.804. The SMILES string of the molecule is CN(C)S(=O)(=O)c1cc(NC(=S)Nc2ccc(Cl)c(Cl)c2)ccc1Cl. The molecule has 0 aliphatic rings. The molecule has 2 rings (SSSR count). The van der Waals surface area contributed by atoms with Crippen LogP contribution in [0.1, 0.15) is 0 Å². The summed E-state index contributed by atoms with van der Waals surface area (Å²) in [5.74, 6) is 0. The molecule has 0 aliphatic carbocycles. The number of benzene rings is 2. The van der Waals surface area contributed by atoms with Crippen molar-refractivity contribution in [1.29, 1.82) is 0 Å². The molecule has 0 saturated heterocycles. The van der Waals surface area contributed by atoms with E-state index < -0.39 is 10.0 Å². The number of nitrogens with zero attached hydrogens (tertiary/aromatic N) is 1. The zero-order valence-electron chi connectivity index (χ0n) is 13.2. The zero-order chi connectivity index (χ0) is 18.8. The number of nitrogens with one attached hydrogen (secondary N) is 2. The highest BCUT2D eigenvalue weighted by Gasteiger charge is 2.21. The lowest BCUT2D eigenvalue weighted by Crippen LogP contribution is -2.23. The minimum Gasteiger partial charge on any atom is -0.332 e. The predicted octanol–water partition coefficient (Wildman–Crippen LogP) is 4.71. The number of hydrogen-bond acceptors (Lipinski definition) is 3. The smallest absolute Gasteiger partial charge is 0.244 e. The lowest BCUT2D eigenvalue weighted by Gasteiger charge is -2.15. The maximum atomic E-state index is 12.3. The Bertz CT molecular complexity index is 918. The first-order valence-electron chi connectivity index (χ1n) is 6.86. The second-order valence-corrected chi connectivity index (χ2v) is 8.89. The largest absolute Gasteiger partial charge is 0.332 e. The van der Waals surface area contributed by atoms with Crippen molar-refractivity contribution in [2.45, 2.75) is 4.90 Å². The summed E-state index contributed by atoms with van der Waals surface area (Å²) in [4.78, 5) is -0.0125. The topological polar surface area (TPSA) is 61.4 Å². The van der Waals surface area contributed by atoms with E-state index in [-0.39, 0.29) is 15.0 Å². The molecule has 0 amide bonds. The van der Waals surface area contributed by atoms with Crippen LogP contribution in [0.15, 0.2) is 41.3 Å². The van der Waals surface area contributed by atoms with Crippen LogP contribution in [0.2, 0.25) is 15.1 Å². The first-order chi connectivity index (χ1) is 11.6. The number of thiocarbonyl (C=S) groups is 1. The van der Waals surface area contributed by atoms with Gasteiger partial charge in [0.15, 0.2) is 5.11 Å². The average molecular weight is 439 g/mol. The second-order valence-electron chi connectivity index (χ2n) is 5.14. The first kappa shape index (κ1) is 20.2. The fourth-order valence-electron chi connectivity index (χ4n) is 1.84. The lowest BCUT2D eigenvalue weighted by atomic mass is 10.3. The minimum atomic E-state index is -3.67. The highest BCUT2D eigenvalue weighted by atomic mass is 35.5. The van der Waals surface area contributed by atoms with E-state index in [0.29, 0.717) is 21.4 Å². The molecule has 5 nitrogen and oxygen atoms in total. The van der Waals surface area contributed by atoms with E-state index in [1.807, 2.05) is 0 Å². The molecule has 0 atom stereocenters.